The number of hydrogen-bond acceptors (Lipinski definition) is 5. The van der Waals surface area contributed by atoms with Gasteiger partial charge in [0.1, 0.15) is 0 Å². The standard InChI is InChI=1S/C15H28N2O4S/c16-11-10-22-12(15(11)21)6-3-4-7-13(18)17-9-5-1-2-8-14(19)20/h11-12,15,21H,1-10,16H2,(H,17,18)(H,19,20)/t11-,12-,15-/m0/s1. The van der Waals surface area contributed by atoms with E-state index in [2.05, 4.69) is 5.32 Å². The fourth-order valence-electron chi connectivity index (χ4n) is 2.49. The van der Waals surface area contributed by atoms with Crippen LogP contribution in [0.5, 0.6) is 0 Å². The van der Waals surface area contributed by atoms with Gasteiger partial charge in [0.15, 0.2) is 0 Å². The van der Waals surface area contributed by atoms with Gasteiger partial charge in [-0.1, -0.05) is 12.8 Å². The minimum Gasteiger partial charge on any atom is -0.481 e. The summed E-state index contributed by atoms with van der Waals surface area (Å²) in [5.74, 6) is 0.0962. The first kappa shape index (κ1) is 19.3. The molecule has 0 aromatic carbocycles. The summed E-state index contributed by atoms with van der Waals surface area (Å²) in [5.41, 5.74) is 5.76. The maximum absolute atomic E-state index is 11.6. The molecular weight excluding hydrogens is 304 g/mol. The Balaban J connectivity index is 1.92. The second-order valence-corrected chi connectivity index (χ2v) is 7.10. The summed E-state index contributed by atoms with van der Waals surface area (Å²) >= 11 is 1.72. The van der Waals surface area contributed by atoms with Gasteiger partial charge >= 0.3 is 5.97 Å². The van der Waals surface area contributed by atoms with E-state index in [9.17, 15) is 14.7 Å². The van der Waals surface area contributed by atoms with Crippen molar-refractivity contribution in [1.29, 1.82) is 0 Å². The van der Waals surface area contributed by atoms with Crippen LogP contribution in [0, 0.1) is 0 Å². The van der Waals surface area contributed by atoms with E-state index in [-0.39, 0.29) is 23.6 Å². The Morgan fingerprint density at radius 2 is 1.86 bits per heavy atom. The molecule has 1 rings (SSSR count). The average Bonchev–Trinajstić information content (AvgIpc) is 2.78. The van der Waals surface area contributed by atoms with Gasteiger partial charge in [0.25, 0.3) is 0 Å². The van der Waals surface area contributed by atoms with Crippen LogP contribution in [0.4, 0.5) is 0 Å². The van der Waals surface area contributed by atoms with Gasteiger partial charge in [0.2, 0.25) is 5.91 Å². The van der Waals surface area contributed by atoms with Crippen LogP contribution in [0.2, 0.25) is 0 Å². The molecule has 0 unspecified atom stereocenters. The van der Waals surface area contributed by atoms with Crippen molar-refractivity contribution in [2.75, 3.05) is 12.3 Å². The fourth-order valence-corrected chi connectivity index (χ4v) is 3.89. The highest BCUT2D eigenvalue weighted by Gasteiger charge is 2.32. The van der Waals surface area contributed by atoms with Gasteiger partial charge in [0, 0.05) is 36.4 Å². The zero-order valence-corrected chi connectivity index (χ0v) is 13.8. The Bertz CT molecular complexity index is 354. The minimum atomic E-state index is -0.768. The summed E-state index contributed by atoms with van der Waals surface area (Å²) < 4.78 is 0. The molecule has 128 valence electrons. The maximum Gasteiger partial charge on any atom is 0.303 e. The first-order valence-corrected chi connectivity index (χ1v) is 9.09. The van der Waals surface area contributed by atoms with Gasteiger partial charge in [-0.05, 0) is 25.7 Å². The van der Waals surface area contributed by atoms with Crippen LogP contribution in [-0.4, -0.2) is 51.8 Å². The third kappa shape index (κ3) is 8.00. The van der Waals surface area contributed by atoms with Crippen molar-refractivity contribution < 1.29 is 19.8 Å². The molecule has 0 radical (unpaired) electrons. The number of carboxylic acid groups (broad SMARTS) is 1. The smallest absolute Gasteiger partial charge is 0.303 e. The van der Waals surface area contributed by atoms with Crippen molar-refractivity contribution in [3.63, 3.8) is 0 Å². The van der Waals surface area contributed by atoms with Gasteiger partial charge in [0.05, 0.1) is 6.10 Å². The van der Waals surface area contributed by atoms with E-state index in [1.165, 1.54) is 0 Å². The highest BCUT2D eigenvalue weighted by atomic mass is 32.2. The van der Waals surface area contributed by atoms with E-state index in [0.717, 1.165) is 37.9 Å². The van der Waals surface area contributed by atoms with Crippen molar-refractivity contribution in [2.45, 2.75) is 68.8 Å². The van der Waals surface area contributed by atoms with E-state index in [4.69, 9.17) is 10.8 Å². The predicted octanol–water partition coefficient (Wildman–Crippen LogP) is 1.11. The summed E-state index contributed by atoms with van der Waals surface area (Å²) in [6, 6.07) is -0.112. The number of unbranched alkanes of at least 4 members (excludes halogenated alkanes) is 3. The summed E-state index contributed by atoms with van der Waals surface area (Å²) in [5, 5.41) is 21.4. The van der Waals surface area contributed by atoms with Crippen LogP contribution in [0.15, 0.2) is 0 Å². The molecular formula is C15H28N2O4S. The largest absolute Gasteiger partial charge is 0.481 e. The molecule has 5 N–H and O–H groups in total. The molecule has 0 aliphatic carbocycles. The van der Waals surface area contributed by atoms with Crippen LogP contribution in [0.3, 0.4) is 0 Å². The number of thioether (sulfide) groups is 1. The van der Waals surface area contributed by atoms with Gasteiger partial charge < -0.3 is 21.3 Å². The van der Waals surface area contributed by atoms with E-state index in [1.54, 1.807) is 11.8 Å². The molecule has 0 aromatic heterocycles. The van der Waals surface area contributed by atoms with Gasteiger partial charge in [-0.25, -0.2) is 0 Å². The quantitative estimate of drug-likeness (QED) is 0.422. The number of rotatable bonds is 11. The Kier molecular flexibility index (Phi) is 9.50. The van der Waals surface area contributed by atoms with Crippen molar-refractivity contribution in [3.8, 4) is 0 Å². The monoisotopic (exact) mass is 332 g/mol. The van der Waals surface area contributed by atoms with E-state index in [0.29, 0.717) is 19.4 Å². The zero-order chi connectivity index (χ0) is 16.4. The molecule has 1 aliphatic heterocycles. The third-order valence-corrected chi connectivity index (χ3v) is 5.37. The van der Waals surface area contributed by atoms with Gasteiger partial charge in [-0.15, -0.1) is 0 Å². The number of amides is 1. The molecule has 1 heterocycles. The number of nitrogens with one attached hydrogen (secondary N) is 1. The SMILES string of the molecule is N[C@H]1CS[C@@H](CCCCC(=O)NCCCCCC(=O)O)[C@H]1O. The lowest BCUT2D eigenvalue weighted by molar-refractivity contribution is -0.137. The van der Waals surface area contributed by atoms with E-state index < -0.39 is 12.1 Å². The molecule has 0 spiro atoms. The first-order valence-electron chi connectivity index (χ1n) is 8.04. The molecule has 1 aliphatic rings. The lowest BCUT2D eigenvalue weighted by Gasteiger charge is -2.15. The molecule has 0 bridgehead atoms. The Hall–Kier alpha value is -0.790. The highest BCUT2D eigenvalue weighted by molar-refractivity contribution is 8.00. The van der Waals surface area contributed by atoms with Crippen molar-refractivity contribution in [2.24, 2.45) is 5.73 Å². The fraction of sp³-hybridized carbons (Fsp3) is 0.867. The first-order chi connectivity index (χ1) is 10.5. The molecule has 1 amide bonds. The summed E-state index contributed by atoms with van der Waals surface area (Å²) in [6.45, 7) is 0.616. The Morgan fingerprint density at radius 1 is 1.14 bits per heavy atom. The summed E-state index contributed by atoms with van der Waals surface area (Å²) in [7, 11) is 0. The lowest BCUT2D eigenvalue weighted by Crippen LogP contribution is -2.36. The van der Waals surface area contributed by atoms with Crippen molar-refractivity contribution in [1.82, 2.24) is 5.32 Å². The number of aliphatic hydroxyl groups excluding tert-OH is 1. The van der Waals surface area contributed by atoms with Crippen LogP contribution in [0.1, 0.15) is 51.4 Å². The molecule has 3 atom stereocenters. The number of aliphatic hydroxyl groups is 1. The molecule has 1 saturated heterocycles. The van der Waals surface area contributed by atoms with Gasteiger partial charge in [-0.3, -0.25) is 9.59 Å². The number of hydrogen-bond donors (Lipinski definition) is 4. The van der Waals surface area contributed by atoms with Crippen molar-refractivity contribution in [3.05, 3.63) is 0 Å². The number of carbonyl (C=O) groups is 2. The van der Waals surface area contributed by atoms with Gasteiger partial charge in [-0.2, -0.15) is 11.8 Å². The Morgan fingerprint density at radius 3 is 2.50 bits per heavy atom. The molecule has 22 heavy (non-hydrogen) atoms. The van der Waals surface area contributed by atoms with Crippen LogP contribution in [0.25, 0.3) is 0 Å². The average molecular weight is 332 g/mol. The number of aliphatic carboxylic acids is 1. The second-order valence-electron chi connectivity index (χ2n) is 5.83. The van der Waals surface area contributed by atoms with Crippen LogP contribution < -0.4 is 11.1 Å². The van der Waals surface area contributed by atoms with Crippen LogP contribution >= 0.6 is 11.8 Å². The van der Waals surface area contributed by atoms with Crippen molar-refractivity contribution >= 4 is 23.6 Å². The number of carbonyl (C=O) groups excluding carboxylic acids is 1. The molecule has 0 saturated carbocycles. The topological polar surface area (TPSA) is 113 Å². The molecule has 7 heteroatoms. The number of carboxylic acids is 1. The molecule has 6 nitrogen and oxygen atoms in total. The maximum atomic E-state index is 11.6. The normalized spacial score (nSPS) is 24.4. The molecule has 1 fully saturated rings. The zero-order valence-electron chi connectivity index (χ0n) is 13.0. The summed E-state index contributed by atoms with van der Waals surface area (Å²) in [6.07, 6.45) is 5.25. The van der Waals surface area contributed by atoms with E-state index >= 15 is 0 Å². The molecule has 0 aromatic rings. The van der Waals surface area contributed by atoms with Crippen LogP contribution in [-0.2, 0) is 9.59 Å². The number of nitrogens with two attached hydrogens (primary N) is 1. The lowest BCUT2D eigenvalue weighted by atomic mass is 10.0. The second kappa shape index (κ2) is 10.9. The highest BCUT2D eigenvalue weighted by Crippen LogP contribution is 2.30. The van der Waals surface area contributed by atoms with E-state index in [1.807, 2.05) is 0 Å². The minimum absolute atomic E-state index is 0.0505. The predicted molar refractivity (Wildman–Crippen MR) is 87.8 cm³/mol. The Labute approximate surface area is 136 Å². The summed E-state index contributed by atoms with van der Waals surface area (Å²) in [4.78, 5) is 21.9. The third-order valence-electron chi connectivity index (χ3n) is 3.85.